The third-order valence-electron chi connectivity index (χ3n) is 5.99. The number of imide groups is 1. The molecule has 192 valence electrons. The van der Waals surface area contributed by atoms with Gasteiger partial charge in [0.2, 0.25) is 0 Å². The molecule has 0 saturated heterocycles. The summed E-state index contributed by atoms with van der Waals surface area (Å²) in [5.74, 6) is -1.31. The van der Waals surface area contributed by atoms with Crippen LogP contribution in [-0.2, 0) is 4.79 Å². The number of carbonyl (C=O) groups excluding carboxylic acids is 4. The van der Waals surface area contributed by atoms with Crippen molar-refractivity contribution in [3.8, 4) is 0 Å². The highest BCUT2D eigenvalue weighted by atomic mass is 32.2. The van der Waals surface area contributed by atoms with Crippen LogP contribution >= 0.6 is 11.8 Å². The van der Waals surface area contributed by atoms with Gasteiger partial charge < -0.3 is 10.6 Å². The number of hydrogen-bond acceptors (Lipinski definition) is 5. The van der Waals surface area contributed by atoms with Gasteiger partial charge in [0.25, 0.3) is 23.6 Å². The minimum Gasteiger partial charge on any atom is -0.321 e. The van der Waals surface area contributed by atoms with Crippen LogP contribution in [0.15, 0.2) is 120 Å². The maximum absolute atomic E-state index is 13.2. The van der Waals surface area contributed by atoms with E-state index >= 15 is 0 Å². The zero-order valence-electron chi connectivity index (χ0n) is 20.7. The largest absolute Gasteiger partial charge is 0.321 e. The molecule has 4 aromatic carbocycles. The number of nitrogens with one attached hydrogen (secondary N) is 2. The highest BCUT2D eigenvalue weighted by molar-refractivity contribution is 7.99. The molecule has 0 fully saturated rings. The van der Waals surface area contributed by atoms with Gasteiger partial charge in [0.05, 0.1) is 17.0 Å². The van der Waals surface area contributed by atoms with Crippen molar-refractivity contribution in [2.75, 3.05) is 11.2 Å². The molecule has 0 atom stereocenters. The van der Waals surface area contributed by atoms with Gasteiger partial charge in [-0.25, -0.2) is 0 Å². The van der Waals surface area contributed by atoms with Crippen molar-refractivity contribution in [1.29, 1.82) is 0 Å². The lowest BCUT2D eigenvalue weighted by Gasteiger charge is -2.14. The molecule has 0 aliphatic carbocycles. The van der Waals surface area contributed by atoms with E-state index < -0.39 is 11.8 Å². The van der Waals surface area contributed by atoms with E-state index in [9.17, 15) is 19.2 Å². The summed E-state index contributed by atoms with van der Waals surface area (Å²) in [5.41, 5.74) is 2.65. The monoisotopic (exact) mass is 533 g/mol. The lowest BCUT2D eigenvalue weighted by molar-refractivity contribution is -0.113. The topological polar surface area (TPSA) is 95.6 Å². The second-order valence-electron chi connectivity index (χ2n) is 8.62. The number of benzene rings is 4. The van der Waals surface area contributed by atoms with E-state index in [-0.39, 0.29) is 23.4 Å². The normalized spacial score (nSPS) is 12.7. The average Bonchev–Trinajstić information content (AvgIpc) is 3.22. The van der Waals surface area contributed by atoms with Gasteiger partial charge in [-0.15, -0.1) is 11.8 Å². The Labute approximate surface area is 229 Å². The molecule has 0 radical (unpaired) electrons. The Bertz CT molecular complexity index is 1530. The van der Waals surface area contributed by atoms with Crippen molar-refractivity contribution < 1.29 is 19.2 Å². The van der Waals surface area contributed by atoms with Gasteiger partial charge in [0.15, 0.2) is 0 Å². The summed E-state index contributed by atoms with van der Waals surface area (Å²) < 4.78 is 0. The average molecular weight is 534 g/mol. The van der Waals surface area contributed by atoms with E-state index in [1.807, 2.05) is 36.4 Å². The van der Waals surface area contributed by atoms with Crippen molar-refractivity contribution in [1.82, 2.24) is 10.2 Å². The van der Waals surface area contributed by atoms with Gasteiger partial charge in [-0.2, -0.15) is 0 Å². The number of carbonyl (C=O) groups is 4. The summed E-state index contributed by atoms with van der Waals surface area (Å²) in [5, 5.41) is 5.54. The predicted octanol–water partition coefficient (Wildman–Crippen LogP) is 5.44. The first-order valence-electron chi connectivity index (χ1n) is 12.1. The van der Waals surface area contributed by atoms with E-state index in [2.05, 4.69) is 10.6 Å². The molecule has 4 amide bonds. The summed E-state index contributed by atoms with van der Waals surface area (Å²) in [6.07, 6.45) is 1.61. The van der Waals surface area contributed by atoms with Gasteiger partial charge in [-0.05, 0) is 60.2 Å². The fraction of sp³-hybridized carbons (Fsp3) is 0.0323. The first-order valence-corrected chi connectivity index (χ1v) is 13.1. The van der Waals surface area contributed by atoms with Crippen LogP contribution in [0.1, 0.15) is 36.6 Å². The fourth-order valence-corrected chi connectivity index (χ4v) is 4.83. The third kappa shape index (κ3) is 5.97. The van der Waals surface area contributed by atoms with Gasteiger partial charge in [-0.3, -0.25) is 24.1 Å². The molecule has 7 nitrogen and oxygen atoms in total. The molecular formula is C31H23N3O4S. The Morgan fingerprint density at radius 3 is 1.90 bits per heavy atom. The molecule has 0 saturated carbocycles. The fourth-order valence-electron chi connectivity index (χ4n) is 3.99. The highest BCUT2D eigenvalue weighted by Crippen LogP contribution is 2.27. The molecule has 0 aromatic heterocycles. The van der Waals surface area contributed by atoms with Crippen LogP contribution in [0.25, 0.3) is 6.08 Å². The van der Waals surface area contributed by atoms with E-state index in [4.69, 9.17) is 0 Å². The number of anilines is 1. The summed E-state index contributed by atoms with van der Waals surface area (Å²) in [6.45, 7) is 0. The molecule has 5 rings (SSSR count). The Kier molecular flexibility index (Phi) is 7.65. The second-order valence-corrected chi connectivity index (χ2v) is 9.64. The number of amides is 4. The smallest absolute Gasteiger partial charge is 0.272 e. The minimum absolute atomic E-state index is 0.0964. The predicted molar refractivity (Wildman–Crippen MR) is 151 cm³/mol. The van der Waals surface area contributed by atoms with Crippen LogP contribution < -0.4 is 10.6 Å². The summed E-state index contributed by atoms with van der Waals surface area (Å²) in [6, 6.07) is 31.7. The van der Waals surface area contributed by atoms with Crippen LogP contribution in [0.5, 0.6) is 0 Å². The van der Waals surface area contributed by atoms with Crippen LogP contribution in [0.3, 0.4) is 0 Å². The Balaban J connectivity index is 1.25. The SMILES string of the molecule is O=C(Nc1ccc(SCN2C(=O)c3ccccc3C2=O)cc1)/C(=C/c1ccccc1)NC(=O)c1ccccc1. The number of thioether (sulfide) groups is 1. The van der Waals surface area contributed by atoms with E-state index in [1.54, 1.807) is 78.9 Å². The second kappa shape index (κ2) is 11.6. The zero-order valence-corrected chi connectivity index (χ0v) is 21.5. The Hall–Kier alpha value is -4.95. The molecule has 8 heteroatoms. The third-order valence-corrected chi connectivity index (χ3v) is 6.98. The first kappa shape index (κ1) is 25.7. The first-order chi connectivity index (χ1) is 19.0. The van der Waals surface area contributed by atoms with Gasteiger partial charge >= 0.3 is 0 Å². The molecule has 1 aliphatic rings. The van der Waals surface area contributed by atoms with Crippen molar-refractivity contribution in [2.45, 2.75) is 4.90 Å². The molecular weight excluding hydrogens is 510 g/mol. The molecule has 2 N–H and O–H groups in total. The summed E-state index contributed by atoms with van der Waals surface area (Å²) in [4.78, 5) is 53.1. The van der Waals surface area contributed by atoms with Crippen LogP contribution in [-0.4, -0.2) is 34.4 Å². The van der Waals surface area contributed by atoms with Crippen LogP contribution in [0.2, 0.25) is 0 Å². The Morgan fingerprint density at radius 1 is 0.718 bits per heavy atom. The zero-order chi connectivity index (χ0) is 27.2. The molecule has 4 aromatic rings. The highest BCUT2D eigenvalue weighted by Gasteiger charge is 2.34. The quantitative estimate of drug-likeness (QED) is 0.179. The van der Waals surface area contributed by atoms with Gasteiger partial charge in [0, 0.05) is 16.1 Å². The van der Waals surface area contributed by atoms with Gasteiger partial charge in [-0.1, -0.05) is 60.7 Å². The van der Waals surface area contributed by atoms with E-state index in [0.717, 1.165) is 10.5 Å². The summed E-state index contributed by atoms with van der Waals surface area (Å²) in [7, 11) is 0. The Morgan fingerprint density at radius 2 is 1.28 bits per heavy atom. The van der Waals surface area contributed by atoms with Crippen LogP contribution in [0, 0.1) is 0 Å². The van der Waals surface area contributed by atoms with Crippen molar-refractivity contribution in [2.24, 2.45) is 0 Å². The molecule has 0 spiro atoms. The maximum Gasteiger partial charge on any atom is 0.272 e. The number of hydrogen-bond donors (Lipinski definition) is 2. The maximum atomic E-state index is 13.2. The van der Waals surface area contributed by atoms with Crippen molar-refractivity contribution in [3.05, 3.63) is 137 Å². The molecule has 1 aliphatic heterocycles. The summed E-state index contributed by atoms with van der Waals surface area (Å²) >= 11 is 1.34. The lowest BCUT2D eigenvalue weighted by atomic mass is 10.1. The minimum atomic E-state index is -0.477. The molecule has 0 unspecified atom stereocenters. The lowest BCUT2D eigenvalue weighted by Crippen LogP contribution is -2.30. The van der Waals surface area contributed by atoms with Gasteiger partial charge in [0.1, 0.15) is 5.70 Å². The molecule has 1 heterocycles. The standard InChI is InChI=1S/C31H23N3O4S/c35-28(22-11-5-2-6-12-22)33-27(19-21-9-3-1-4-10-21)29(36)32-23-15-17-24(18-16-23)39-20-34-30(37)25-13-7-8-14-26(25)31(34)38/h1-19H,20H2,(H,32,36)(H,33,35)/b27-19-. The van der Waals surface area contributed by atoms with Crippen LogP contribution in [0.4, 0.5) is 5.69 Å². The van der Waals surface area contributed by atoms with E-state index in [0.29, 0.717) is 22.4 Å². The van der Waals surface area contributed by atoms with Crippen molar-refractivity contribution in [3.63, 3.8) is 0 Å². The number of fused-ring (bicyclic) bond motifs is 1. The number of rotatable bonds is 8. The molecule has 0 bridgehead atoms. The van der Waals surface area contributed by atoms with E-state index in [1.165, 1.54) is 16.7 Å². The number of nitrogens with zero attached hydrogens (tertiary/aromatic N) is 1. The molecule has 39 heavy (non-hydrogen) atoms. The van der Waals surface area contributed by atoms with Crippen molar-refractivity contribution >= 4 is 47.2 Å².